The molecule has 0 aliphatic carbocycles. The third-order valence-electron chi connectivity index (χ3n) is 3.64. The van der Waals surface area contributed by atoms with Crippen molar-refractivity contribution in [1.82, 2.24) is 10.3 Å². The second-order valence-corrected chi connectivity index (χ2v) is 6.36. The highest BCUT2D eigenvalue weighted by Gasteiger charge is 2.25. The second-order valence-electron chi connectivity index (χ2n) is 5.50. The number of aromatic nitrogens is 1. The van der Waals surface area contributed by atoms with Crippen LogP contribution in [-0.4, -0.2) is 28.0 Å². The van der Waals surface area contributed by atoms with Crippen LogP contribution in [0.3, 0.4) is 0 Å². The van der Waals surface area contributed by atoms with Crippen LogP contribution in [0.5, 0.6) is 0 Å². The van der Waals surface area contributed by atoms with Crippen LogP contribution in [0.4, 0.5) is 0 Å². The van der Waals surface area contributed by atoms with Crippen molar-refractivity contribution in [1.29, 1.82) is 0 Å². The average Bonchev–Trinajstić information content (AvgIpc) is 3.12. The summed E-state index contributed by atoms with van der Waals surface area (Å²) >= 11 is 1.39. The molecule has 23 heavy (non-hydrogen) atoms. The Bertz CT molecular complexity index is 692. The molecule has 2 aromatic heterocycles. The summed E-state index contributed by atoms with van der Waals surface area (Å²) in [5.41, 5.74) is 0.602. The molecule has 0 aliphatic rings. The van der Waals surface area contributed by atoms with Gasteiger partial charge >= 0.3 is 5.97 Å². The number of hydrogen-bond donors (Lipinski definition) is 2. The molecule has 2 rings (SSSR count). The molecule has 2 atom stereocenters. The Balaban J connectivity index is 2.00. The van der Waals surface area contributed by atoms with Crippen molar-refractivity contribution in [3.63, 3.8) is 0 Å². The van der Waals surface area contributed by atoms with Gasteiger partial charge < -0.3 is 14.8 Å². The number of carbonyl (C=O) groups excluding carboxylic acids is 1. The highest BCUT2D eigenvalue weighted by Crippen LogP contribution is 2.25. The van der Waals surface area contributed by atoms with Crippen molar-refractivity contribution in [2.75, 3.05) is 0 Å². The van der Waals surface area contributed by atoms with Gasteiger partial charge in [0.25, 0.3) is 0 Å². The maximum Gasteiger partial charge on any atom is 0.326 e. The first-order valence-corrected chi connectivity index (χ1v) is 8.32. The molecule has 2 aromatic rings. The van der Waals surface area contributed by atoms with E-state index in [4.69, 9.17) is 4.42 Å². The predicted molar refractivity (Wildman–Crippen MR) is 87.3 cm³/mol. The molecular formula is C16H20N2O4S. The van der Waals surface area contributed by atoms with Crippen molar-refractivity contribution in [3.8, 4) is 10.8 Å². The lowest BCUT2D eigenvalue weighted by Crippen LogP contribution is -2.45. The van der Waals surface area contributed by atoms with E-state index in [9.17, 15) is 14.7 Å². The lowest BCUT2D eigenvalue weighted by atomic mass is 9.99. The molecule has 0 radical (unpaired) electrons. The van der Waals surface area contributed by atoms with E-state index in [1.165, 1.54) is 11.3 Å². The van der Waals surface area contributed by atoms with E-state index in [2.05, 4.69) is 10.3 Å². The van der Waals surface area contributed by atoms with E-state index in [-0.39, 0.29) is 18.2 Å². The van der Waals surface area contributed by atoms with Crippen molar-refractivity contribution in [3.05, 3.63) is 29.0 Å². The molecule has 0 saturated carbocycles. The van der Waals surface area contributed by atoms with Crippen molar-refractivity contribution < 1.29 is 19.1 Å². The largest absolute Gasteiger partial charge is 0.480 e. The van der Waals surface area contributed by atoms with Crippen LogP contribution in [0, 0.1) is 12.8 Å². The smallest absolute Gasteiger partial charge is 0.326 e. The Morgan fingerprint density at radius 3 is 2.74 bits per heavy atom. The van der Waals surface area contributed by atoms with Crippen LogP contribution in [0.1, 0.15) is 31.7 Å². The Kier molecular flexibility index (Phi) is 5.54. The number of carbonyl (C=O) groups is 2. The number of rotatable bonds is 7. The van der Waals surface area contributed by atoms with Gasteiger partial charge in [0, 0.05) is 5.38 Å². The Hall–Kier alpha value is -2.15. The van der Waals surface area contributed by atoms with Crippen LogP contribution in [-0.2, 0) is 16.0 Å². The normalized spacial score (nSPS) is 13.5. The number of aryl methyl sites for hydroxylation is 1. The second kappa shape index (κ2) is 7.41. The van der Waals surface area contributed by atoms with Gasteiger partial charge in [-0.2, -0.15) is 0 Å². The SMILES string of the molecule is CCC(C)C(NC(=O)Cc1csc(-c2ccc(C)o2)n1)C(=O)O. The van der Waals surface area contributed by atoms with Gasteiger partial charge in [-0.05, 0) is 25.0 Å². The zero-order valence-corrected chi connectivity index (χ0v) is 14.1. The number of amides is 1. The molecule has 0 bridgehead atoms. The first kappa shape index (κ1) is 17.2. The molecule has 1 amide bonds. The molecule has 0 aliphatic heterocycles. The fourth-order valence-electron chi connectivity index (χ4n) is 2.12. The minimum absolute atomic E-state index is 0.0520. The van der Waals surface area contributed by atoms with E-state index < -0.39 is 12.0 Å². The minimum Gasteiger partial charge on any atom is -0.480 e. The molecule has 0 fully saturated rings. The van der Waals surface area contributed by atoms with Crippen LogP contribution < -0.4 is 5.32 Å². The Labute approximate surface area is 138 Å². The van der Waals surface area contributed by atoms with Crippen molar-refractivity contribution >= 4 is 23.2 Å². The lowest BCUT2D eigenvalue weighted by molar-refractivity contribution is -0.143. The zero-order valence-electron chi connectivity index (χ0n) is 13.3. The number of aliphatic carboxylic acids is 1. The van der Waals surface area contributed by atoms with Crippen LogP contribution in [0.25, 0.3) is 10.8 Å². The summed E-state index contributed by atoms with van der Waals surface area (Å²) < 4.78 is 5.50. The van der Waals surface area contributed by atoms with Gasteiger partial charge in [0.1, 0.15) is 11.8 Å². The molecular weight excluding hydrogens is 316 g/mol. The van der Waals surface area contributed by atoms with Gasteiger partial charge in [0.15, 0.2) is 10.8 Å². The van der Waals surface area contributed by atoms with E-state index >= 15 is 0 Å². The number of carboxylic acid groups (broad SMARTS) is 1. The quantitative estimate of drug-likeness (QED) is 0.811. The summed E-state index contributed by atoms with van der Waals surface area (Å²) in [7, 11) is 0. The zero-order chi connectivity index (χ0) is 17.0. The Morgan fingerprint density at radius 1 is 1.43 bits per heavy atom. The van der Waals surface area contributed by atoms with Crippen molar-refractivity contribution in [2.24, 2.45) is 5.92 Å². The third kappa shape index (κ3) is 4.41. The topological polar surface area (TPSA) is 92.4 Å². The average molecular weight is 336 g/mol. The third-order valence-corrected chi connectivity index (χ3v) is 4.55. The highest BCUT2D eigenvalue weighted by molar-refractivity contribution is 7.13. The number of nitrogens with one attached hydrogen (secondary N) is 1. The van der Waals surface area contributed by atoms with Crippen LogP contribution in [0.2, 0.25) is 0 Å². The summed E-state index contributed by atoms with van der Waals surface area (Å²) in [5.74, 6) is -0.0223. The van der Waals surface area contributed by atoms with Gasteiger partial charge in [-0.25, -0.2) is 9.78 Å². The number of thiazole rings is 1. The predicted octanol–water partition coefficient (Wildman–Crippen LogP) is 2.87. The molecule has 0 spiro atoms. The van der Waals surface area contributed by atoms with Gasteiger partial charge in [0.2, 0.25) is 5.91 Å². The molecule has 6 nitrogen and oxygen atoms in total. The first-order valence-electron chi connectivity index (χ1n) is 7.44. The molecule has 2 N–H and O–H groups in total. The number of hydrogen-bond acceptors (Lipinski definition) is 5. The fourth-order valence-corrected chi connectivity index (χ4v) is 2.90. The lowest BCUT2D eigenvalue weighted by Gasteiger charge is -2.19. The molecule has 7 heteroatoms. The maximum absolute atomic E-state index is 12.1. The number of nitrogens with zero attached hydrogens (tertiary/aromatic N) is 1. The fraction of sp³-hybridized carbons (Fsp3) is 0.438. The van der Waals surface area contributed by atoms with Crippen molar-refractivity contribution in [2.45, 2.75) is 39.7 Å². The molecule has 2 heterocycles. The number of furan rings is 1. The van der Waals surface area contributed by atoms with Gasteiger partial charge in [-0.15, -0.1) is 11.3 Å². The van der Waals surface area contributed by atoms with Gasteiger partial charge in [0.05, 0.1) is 12.1 Å². The van der Waals surface area contributed by atoms with Crippen LogP contribution >= 0.6 is 11.3 Å². The summed E-state index contributed by atoms with van der Waals surface area (Å²) in [6, 6.07) is 2.81. The minimum atomic E-state index is -1.02. The monoisotopic (exact) mass is 336 g/mol. The molecule has 0 aromatic carbocycles. The van der Waals surface area contributed by atoms with Gasteiger partial charge in [-0.1, -0.05) is 20.3 Å². The Morgan fingerprint density at radius 2 is 2.17 bits per heavy atom. The summed E-state index contributed by atoms with van der Waals surface area (Å²) in [6.45, 7) is 5.55. The maximum atomic E-state index is 12.1. The highest BCUT2D eigenvalue weighted by atomic mass is 32.1. The summed E-state index contributed by atoms with van der Waals surface area (Å²) in [4.78, 5) is 27.7. The van der Waals surface area contributed by atoms with E-state index in [0.717, 1.165) is 5.76 Å². The summed E-state index contributed by atoms with van der Waals surface area (Å²) in [5, 5.41) is 14.3. The standard InChI is InChI=1S/C16H20N2O4S/c1-4-9(2)14(16(20)21)18-13(19)7-11-8-23-15(17-11)12-6-5-10(3)22-12/h5-6,8-9,14H,4,7H2,1-3H3,(H,18,19)(H,20,21). The van der Waals surface area contributed by atoms with E-state index in [1.54, 1.807) is 12.3 Å². The number of carboxylic acids is 1. The van der Waals surface area contributed by atoms with Crippen LogP contribution in [0.15, 0.2) is 21.9 Å². The first-order chi connectivity index (χ1) is 10.9. The van der Waals surface area contributed by atoms with E-state index in [1.807, 2.05) is 26.0 Å². The molecule has 2 unspecified atom stereocenters. The summed E-state index contributed by atoms with van der Waals surface area (Å²) in [6.07, 6.45) is 0.729. The van der Waals surface area contributed by atoms with E-state index in [0.29, 0.717) is 22.9 Å². The molecule has 124 valence electrons. The molecule has 0 saturated heterocycles. The van der Waals surface area contributed by atoms with Gasteiger partial charge in [-0.3, -0.25) is 4.79 Å².